The van der Waals surface area contributed by atoms with Crippen LogP contribution < -0.4 is 5.32 Å². The van der Waals surface area contributed by atoms with Gasteiger partial charge < -0.3 is 5.32 Å². The normalized spacial score (nSPS) is 27.8. The maximum Gasteiger partial charge on any atom is 0.233 e. The number of nitrogens with one attached hydrogen (secondary N) is 1. The van der Waals surface area contributed by atoms with E-state index in [1.54, 1.807) is 6.20 Å². The number of nitrogens with zero attached hydrogens (tertiary/aromatic N) is 4. The third-order valence-electron chi connectivity index (χ3n) is 4.52. The minimum absolute atomic E-state index is 0.539. The summed E-state index contributed by atoms with van der Waals surface area (Å²) in [6, 6.07) is 1.94. The highest BCUT2D eigenvalue weighted by Gasteiger charge is 2.40. The molecule has 4 heterocycles. The summed E-state index contributed by atoms with van der Waals surface area (Å²) in [5.41, 5.74) is 1.67. The Morgan fingerprint density at radius 1 is 1.37 bits per heavy atom. The van der Waals surface area contributed by atoms with E-state index >= 15 is 0 Å². The molecule has 100 valence electrons. The molecule has 19 heavy (non-hydrogen) atoms. The van der Waals surface area contributed by atoms with E-state index in [0.29, 0.717) is 5.41 Å². The third kappa shape index (κ3) is 2.03. The molecule has 2 aromatic heterocycles. The third-order valence-corrected chi connectivity index (χ3v) is 4.52. The first-order valence-corrected chi connectivity index (χ1v) is 7.05. The standard InChI is InChI=1S/C14H19N5/c1-4-16-13-17-12(9-19(13)6-1)8-18-7-3-14(11-18)2-5-15-10-14/h1,4,6,9,15H,2-3,5,7-8,10-11H2. The predicted molar refractivity (Wildman–Crippen MR) is 72.8 cm³/mol. The highest BCUT2D eigenvalue weighted by molar-refractivity contribution is 5.29. The molecule has 2 fully saturated rings. The zero-order valence-corrected chi connectivity index (χ0v) is 11.0. The average Bonchev–Trinajstić information content (AvgIpc) is 3.11. The first-order valence-electron chi connectivity index (χ1n) is 7.05. The minimum atomic E-state index is 0.539. The van der Waals surface area contributed by atoms with Crippen LogP contribution in [-0.4, -0.2) is 45.4 Å². The van der Waals surface area contributed by atoms with E-state index in [9.17, 15) is 0 Å². The highest BCUT2D eigenvalue weighted by Crippen LogP contribution is 2.36. The molecule has 1 N–H and O–H groups in total. The molecule has 5 nitrogen and oxygen atoms in total. The van der Waals surface area contributed by atoms with E-state index in [-0.39, 0.29) is 0 Å². The van der Waals surface area contributed by atoms with Gasteiger partial charge in [-0.3, -0.25) is 9.30 Å². The second kappa shape index (κ2) is 4.28. The molecular weight excluding hydrogens is 238 g/mol. The van der Waals surface area contributed by atoms with Crippen molar-refractivity contribution in [2.24, 2.45) is 5.41 Å². The van der Waals surface area contributed by atoms with E-state index in [1.807, 2.05) is 16.7 Å². The van der Waals surface area contributed by atoms with Crippen LogP contribution in [0.2, 0.25) is 0 Å². The summed E-state index contributed by atoms with van der Waals surface area (Å²) in [4.78, 5) is 11.4. The van der Waals surface area contributed by atoms with Gasteiger partial charge in [0.15, 0.2) is 0 Å². The molecule has 1 spiro atoms. The van der Waals surface area contributed by atoms with E-state index < -0.39 is 0 Å². The average molecular weight is 257 g/mol. The number of aromatic nitrogens is 3. The molecule has 0 bridgehead atoms. The van der Waals surface area contributed by atoms with Crippen molar-refractivity contribution < 1.29 is 0 Å². The fourth-order valence-electron chi connectivity index (χ4n) is 3.49. The smallest absolute Gasteiger partial charge is 0.233 e. The summed E-state index contributed by atoms with van der Waals surface area (Å²) in [5, 5.41) is 3.50. The Morgan fingerprint density at radius 3 is 3.21 bits per heavy atom. The van der Waals surface area contributed by atoms with E-state index in [2.05, 4.69) is 26.4 Å². The lowest BCUT2D eigenvalue weighted by molar-refractivity contribution is 0.267. The van der Waals surface area contributed by atoms with Crippen LogP contribution in [0.4, 0.5) is 0 Å². The van der Waals surface area contributed by atoms with Gasteiger partial charge in [-0.25, -0.2) is 9.97 Å². The van der Waals surface area contributed by atoms with Gasteiger partial charge >= 0.3 is 0 Å². The fraction of sp³-hybridized carbons (Fsp3) is 0.571. The van der Waals surface area contributed by atoms with Crippen molar-refractivity contribution in [3.8, 4) is 0 Å². The molecule has 2 aliphatic heterocycles. The zero-order valence-electron chi connectivity index (χ0n) is 11.0. The number of fused-ring (bicyclic) bond motifs is 1. The Bertz CT molecular complexity index is 551. The van der Waals surface area contributed by atoms with E-state index in [1.165, 1.54) is 39.0 Å². The van der Waals surface area contributed by atoms with Crippen LogP contribution in [0.15, 0.2) is 24.7 Å². The fourth-order valence-corrected chi connectivity index (χ4v) is 3.49. The number of hydrogen-bond acceptors (Lipinski definition) is 4. The van der Waals surface area contributed by atoms with Crippen LogP contribution >= 0.6 is 0 Å². The van der Waals surface area contributed by atoms with Gasteiger partial charge in [-0.2, -0.15) is 0 Å². The molecular formula is C14H19N5. The molecule has 0 radical (unpaired) electrons. The van der Waals surface area contributed by atoms with Gasteiger partial charge in [0.25, 0.3) is 0 Å². The molecule has 0 aliphatic carbocycles. The van der Waals surface area contributed by atoms with Gasteiger partial charge in [0, 0.05) is 38.2 Å². The van der Waals surface area contributed by atoms with Crippen molar-refractivity contribution in [1.82, 2.24) is 24.6 Å². The number of likely N-dealkylation sites (tertiary alicyclic amines) is 1. The first kappa shape index (κ1) is 11.4. The lowest BCUT2D eigenvalue weighted by Gasteiger charge is -2.22. The van der Waals surface area contributed by atoms with Crippen molar-refractivity contribution in [1.29, 1.82) is 0 Å². The quantitative estimate of drug-likeness (QED) is 0.869. The van der Waals surface area contributed by atoms with Gasteiger partial charge in [-0.15, -0.1) is 0 Å². The summed E-state index contributed by atoms with van der Waals surface area (Å²) in [6.07, 6.45) is 8.55. The largest absolute Gasteiger partial charge is 0.316 e. The van der Waals surface area contributed by atoms with Crippen LogP contribution in [-0.2, 0) is 6.54 Å². The van der Waals surface area contributed by atoms with E-state index in [4.69, 9.17) is 0 Å². The molecule has 0 aromatic carbocycles. The second-order valence-electron chi connectivity index (χ2n) is 5.95. The van der Waals surface area contributed by atoms with Crippen molar-refractivity contribution in [3.63, 3.8) is 0 Å². The van der Waals surface area contributed by atoms with Crippen LogP contribution in [0.5, 0.6) is 0 Å². The summed E-state index contributed by atoms with van der Waals surface area (Å²) in [5.74, 6) is 0.800. The Hall–Kier alpha value is -1.46. The summed E-state index contributed by atoms with van der Waals surface area (Å²) < 4.78 is 2.00. The SMILES string of the molecule is c1cnc2nc(CN3CCC4(CCNC4)C3)cn2c1. The molecule has 2 aromatic rings. The first-order chi connectivity index (χ1) is 9.33. The number of hydrogen-bond donors (Lipinski definition) is 1. The van der Waals surface area contributed by atoms with Gasteiger partial charge in [0.1, 0.15) is 0 Å². The summed E-state index contributed by atoms with van der Waals surface area (Å²) in [7, 11) is 0. The highest BCUT2D eigenvalue weighted by atomic mass is 15.2. The van der Waals surface area contributed by atoms with Crippen LogP contribution in [0.3, 0.4) is 0 Å². The Labute approximate surface area is 112 Å². The van der Waals surface area contributed by atoms with Gasteiger partial charge in [-0.1, -0.05) is 0 Å². The lowest BCUT2D eigenvalue weighted by Crippen LogP contribution is -2.29. The van der Waals surface area contributed by atoms with Crippen molar-refractivity contribution in [2.75, 3.05) is 26.2 Å². The molecule has 0 amide bonds. The zero-order chi connectivity index (χ0) is 12.7. The predicted octanol–water partition coefficient (Wildman–Crippen LogP) is 0.915. The second-order valence-corrected chi connectivity index (χ2v) is 5.95. The minimum Gasteiger partial charge on any atom is -0.316 e. The summed E-state index contributed by atoms with van der Waals surface area (Å²) in [6.45, 7) is 5.73. The molecule has 4 rings (SSSR count). The Kier molecular flexibility index (Phi) is 2.56. The monoisotopic (exact) mass is 257 g/mol. The molecule has 1 atom stereocenters. The number of imidazole rings is 1. The van der Waals surface area contributed by atoms with Crippen LogP contribution in [0, 0.1) is 5.41 Å². The van der Waals surface area contributed by atoms with Crippen molar-refractivity contribution in [3.05, 3.63) is 30.4 Å². The van der Waals surface area contributed by atoms with Crippen molar-refractivity contribution in [2.45, 2.75) is 19.4 Å². The summed E-state index contributed by atoms with van der Waals surface area (Å²) >= 11 is 0. The van der Waals surface area contributed by atoms with Gasteiger partial charge in [-0.05, 0) is 37.4 Å². The Morgan fingerprint density at radius 2 is 2.37 bits per heavy atom. The molecule has 0 saturated carbocycles. The molecule has 5 heteroatoms. The molecule has 2 aliphatic rings. The topological polar surface area (TPSA) is 45.5 Å². The molecule has 2 saturated heterocycles. The van der Waals surface area contributed by atoms with Gasteiger partial charge in [0.2, 0.25) is 5.78 Å². The van der Waals surface area contributed by atoms with Crippen LogP contribution in [0.25, 0.3) is 5.78 Å². The molecule has 1 unspecified atom stereocenters. The van der Waals surface area contributed by atoms with Gasteiger partial charge in [0.05, 0.1) is 5.69 Å². The lowest BCUT2D eigenvalue weighted by atomic mass is 9.87. The van der Waals surface area contributed by atoms with E-state index in [0.717, 1.165) is 18.0 Å². The number of rotatable bonds is 2. The maximum absolute atomic E-state index is 4.59. The maximum atomic E-state index is 4.59. The Balaban J connectivity index is 1.49. The van der Waals surface area contributed by atoms with Crippen LogP contribution in [0.1, 0.15) is 18.5 Å². The van der Waals surface area contributed by atoms with Crippen molar-refractivity contribution >= 4 is 5.78 Å².